The number of carbonyl (C=O) groups is 3. The minimum atomic E-state index is -0.564. The van der Waals surface area contributed by atoms with Gasteiger partial charge in [0.2, 0.25) is 0 Å². The van der Waals surface area contributed by atoms with Crippen molar-refractivity contribution in [2.75, 3.05) is 7.11 Å². The smallest absolute Gasteiger partial charge is 0.344 e. The number of nitrogens with zero attached hydrogens (tertiary/aromatic N) is 1. The third-order valence-electron chi connectivity index (χ3n) is 4.94. The first kappa shape index (κ1) is 25.5. The summed E-state index contributed by atoms with van der Waals surface area (Å²) in [6.07, 6.45) is 1.59. The van der Waals surface area contributed by atoms with Crippen LogP contribution in [0.2, 0.25) is 5.02 Å². The van der Waals surface area contributed by atoms with E-state index in [0.717, 1.165) is 17.3 Å². The fourth-order valence-corrected chi connectivity index (χ4v) is 5.34. The van der Waals surface area contributed by atoms with Crippen LogP contribution < -0.4 is 9.47 Å². The molecule has 4 rings (SSSR count). The van der Waals surface area contributed by atoms with Crippen LogP contribution in [-0.4, -0.2) is 29.1 Å². The molecule has 3 aromatic rings. The Labute approximate surface area is 227 Å². The van der Waals surface area contributed by atoms with E-state index in [1.165, 1.54) is 12.0 Å². The molecule has 0 aromatic heterocycles. The van der Waals surface area contributed by atoms with E-state index in [4.69, 9.17) is 21.1 Å². The van der Waals surface area contributed by atoms with Crippen molar-refractivity contribution in [2.24, 2.45) is 0 Å². The van der Waals surface area contributed by atoms with E-state index in [2.05, 4.69) is 31.9 Å². The molecule has 1 heterocycles. The molecule has 0 bridgehead atoms. The molecule has 178 valence electrons. The van der Waals surface area contributed by atoms with Gasteiger partial charge in [0.1, 0.15) is 0 Å². The van der Waals surface area contributed by atoms with Crippen LogP contribution in [-0.2, 0) is 11.3 Å². The Morgan fingerprint density at radius 2 is 1.83 bits per heavy atom. The van der Waals surface area contributed by atoms with Gasteiger partial charge in [-0.3, -0.25) is 14.5 Å². The van der Waals surface area contributed by atoms with E-state index >= 15 is 0 Å². The summed E-state index contributed by atoms with van der Waals surface area (Å²) >= 11 is 13.6. The molecule has 6 nitrogen and oxygen atoms in total. The van der Waals surface area contributed by atoms with Crippen LogP contribution in [0.3, 0.4) is 0 Å². The van der Waals surface area contributed by atoms with Gasteiger partial charge in [0.25, 0.3) is 11.1 Å². The summed E-state index contributed by atoms with van der Waals surface area (Å²) in [6, 6.07) is 17.2. The number of methoxy groups -OCH3 is 1. The maximum atomic E-state index is 12.9. The Hall–Kier alpha value is -2.59. The van der Waals surface area contributed by atoms with E-state index in [1.54, 1.807) is 66.7 Å². The molecule has 0 saturated carbocycles. The van der Waals surface area contributed by atoms with Crippen LogP contribution in [0.1, 0.15) is 21.5 Å². The summed E-state index contributed by atoms with van der Waals surface area (Å²) in [6.45, 7) is 0.125. The van der Waals surface area contributed by atoms with Crippen LogP contribution in [0.25, 0.3) is 6.08 Å². The number of ether oxygens (including phenoxy) is 2. The lowest BCUT2D eigenvalue weighted by Gasteiger charge is -2.13. The van der Waals surface area contributed by atoms with Gasteiger partial charge < -0.3 is 9.47 Å². The van der Waals surface area contributed by atoms with Crippen molar-refractivity contribution < 1.29 is 23.9 Å². The molecule has 0 atom stereocenters. The monoisotopic (exact) mass is 635 g/mol. The highest BCUT2D eigenvalue weighted by molar-refractivity contribution is 9.10. The van der Waals surface area contributed by atoms with Crippen LogP contribution in [0, 0.1) is 0 Å². The molecule has 2 amide bonds. The first-order valence-electron chi connectivity index (χ1n) is 10.1. The zero-order valence-corrected chi connectivity index (χ0v) is 22.8. The maximum Gasteiger partial charge on any atom is 0.344 e. The summed E-state index contributed by atoms with van der Waals surface area (Å²) in [4.78, 5) is 39.5. The molecule has 1 fully saturated rings. The van der Waals surface area contributed by atoms with E-state index in [1.807, 2.05) is 0 Å². The van der Waals surface area contributed by atoms with Crippen LogP contribution >= 0.6 is 55.2 Å². The zero-order chi connectivity index (χ0) is 25.1. The Kier molecular flexibility index (Phi) is 8.01. The molecular weight excluding hydrogens is 622 g/mol. The fourth-order valence-electron chi connectivity index (χ4n) is 3.30. The van der Waals surface area contributed by atoms with Gasteiger partial charge >= 0.3 is 5.97 Å². The van der Waals surface area contributed by atoms with E-state index in [0.29, 0.717) is 25.1 Å². The zero-order valence-electron chi connectivity index (χ0n) is 18.1. The summed E-state index contributed by atoms with van der Waals surface area (Å²) in [5.41, 5.74) is 1.70. The molecule has 1 aliphatic heterocycles. The number of carbonyl (C=O) groups excluding carboxylic acids is 3. The Balaban J connectivity index is 1.57. The van der Waals surface area contributed by atoms with E-state index < -0.39 is 11.9 Å². The molecule has 35 heavy (non-hydrogen) atoms. The Bertz CT molecular complexity index is 1380. The normalized spacial score (nSPS) is 14.5. The van der Waals surface area contributed by atoms with Gasteiger partial charge in [-0.1, -0.05) is 35.9 Å². The largest absolute Gasteiger partial charge is 0.493 e. The van der Waals surface area contributed by atoms with Gasteiger partial charge in [-0.05, 0) is 97.2 Å². The number of hydrogen-bond donors (Lipinski definition) is 0. The van der Waals surface area contributed by atoms with Gasteiger partial charge in [0, 0.05) is 9.50 Å². The van der Waals surface area contributed by atoms with Crippen molar-refractivity contribution in [1.29, 1.82) is 0 Å². The molecule has 0 spiro atoms. The molecule has 0 radical (unpaired) electrons. The van der Waals surface area contributed by atoms with E-state index in [-0.39, 0.29) is 28.2 Å². The standard InChI is InChI=1S/C25H16Br2ClNO5S/c1-33-20-11-15(10-19(27)22(20)34-24(31)17-7-2-3-8-18(17)26)12-21-23(30)29(25(32)35-21)13-14-5-4-6-16(28)9-14/h2-12H,13H2,1H3/b21-12-. The van der Waals surface area contributed by atoms with Crippen molar-refractivity contribution in [2.45, 2.75) is 6.54 Å². The predicted octanol–water partition coefficient (Wildman–Crippen LogP) is 7.33. The number of imide groups is 1. The average molecular weight is 638 g/mol. The van der Waals surface area contributed by atoms with Gasteiger partial charge in [0.05, 0.1) is 28.6 Å². The van der Waals surface area contributed by atoms with Crippen molar-refractivity contribution in [1.82, 2.24) is 4.90 Å². The first-order valence-corrected chi connectivity index (χ1v) is 12.9. The van der Waals surface area contributed by atoms with Gasteiger partial charge in [-0.2, -0.15) is 0 Å². The summed E-state index contributed by atoms with van der Waals surface area (Å²) in [5, 5.41) is 0.161. The highest BCUT2D eigenvalue weighted by atomic mass is 79.9. The lowest BCUT2D eigenvalue weighted by molar-refractivity contribution is -0.123. The molecule has 3 aromatic carbocycles. The maximum absolute atomic E-state index is 12.9. The summed E-state index contributed by atoms with van der Waals surface area (Å²) in [7, 11) is 1.44. The van der Waals surface area contributed by atoms with E-state index in [9.17, 15) is 14.4 Å². The molecule has 1 saturated heterocycles. The third kappa shape index (κ3) is 5.81. The first-order chi connectivity index (χ1) is 16.8. The minimum absolute atomic E-state index is 0.125. The highest BCUT2D eigenvalue weighted by Crippen LogP contribution is 2.40. The quantitative estimate of drug-likeness (QED) is 0.160. The second-order valence-corrected chi connectivity index (χ2v) is 10.4. The number of esters is 1. The second kappa shape index (κ2) is 11.0. The third-order valence-corrected chi connectivity index (χ3v) is 7.36. The van der Waals surface area contributed by atoms with Crippen molar-refractivity contribution in [3.8, 4) is 11.5 Å². The fraction of sp³-hybridized carbons (Fsp3) is 0.0800. The number of hydrogen-bond acceptors (Lipinski definition) is 6. The van der Waals surface area contributed by atoms with Crippen LogP contribution in [0.15, 0.2) is 74.5 Å². The van der Waals surface area contributed by atoms with Crippen molar-refractivity contribution >= 4 is 78.4 Å². The number of rotatable bonds is 6. The van der Waals surface area contributed by atoms with Crippen molar-refractivity contribution in [3.05, 3.63) is 96.2 Å². The Morgan fingerprint density at radius 3 is 2.54 bits per heavy atom. The van der Waals surface area contributed by atoms with Gasteiger partial charge in [-0.15, -0.1) is 0 Å². The number of amides is 2. The molecule has 0 N–H and O–H groups in total. The van der Waals surface area contributed by atoms with Gasteiger partial charge in [-0.25, -0.2) is 4.79 Å². The lowest BCUT2D eigenvalue weighted by atomic mass is 10.1. The predicted molar refractivity (Wildman–Crippen MR) is 143 cm³/mol. The molecule has 10 heteroatoms. The topological polar surface area (TPSA) is 72.9 Å². The van der Waals surface area contributed by atoms with Crippen LogP contribution in [0.4, 0.5) is 4.79 Å². The number of benzene rings is 3. The highest BCUT2D eigenvalue weighted by Gasteiger charge is 2.35. The summed E-state index contributed by atoms with van der Waals surface area (Å²) < 4.78 is 12.1. The lowest BCUT2D eigenvalue weighted by Crippen LogP contribution is -2.27. The average Bonchev–Trinajstić information content (AvgIpc) is 3.08. The SMILES string of the molecule is COc1cc(/C=C2\SC(=O)N(Cc3cccc(Cl)c3)C2=O)cc(Br)c1OC(=O)c1ccccc1Br. The molecule has 0 aliphatic carbocycles. The number of thioether (sulfide) groups is 1. The minimum Gasteiger partial charge on any atom is -0.493 e. The second-order valence-electron chi connectivity index (χ2n) is 7.30. The molecular formula is C25H16Br2ClNO5S. The van der Waals surface area contributed by atoms with Crippen molar-refractivity contribution in [3.63, 3.8) is 0 Å². The number of halogens is 3. The molecule has 0 unspecified atom stereocenters. The Morgan fingerprint density at radius 1 is 1.06 bits per heavy atom. The van der Waals surface area contributed by atoms with Gasteiger partial charge in [0.15, 0.2) is 11.5 Å². The summed E-state index contributed by atoms with van der Waals surface area (Å²) in [5.74, 6) is -0.491. The van der Waals surface area contributed by atoms with Crippen LogP contribution in [0.5, 0.6) is 11.5 Å². The molecule has 1 aliphatic rings.